The molecular weight excluding hydrogens is 390 g/mol. The van der Waals surface area contributed by atoms with Gasteiger partial charge in [-0.2, -0.15) is 9.97 Å². The zero-order valence-electron chi connectivity index (χ0n) is 20.2. The van der Waals surface area contributed by atoms with Crippen molar-refractivity contribution in [3.05, 3.63) is 36.4 Å². The largest absolute Gasteiger partial charge is 0.391 e. The number of aliphatic hydroxyl groups excluding tert-OH is 1. The lowest BCUT2D eigenvalue weighted by Gasteiger charge is -2.16. The number of imidazole rings is 1. The lowest BCUT2D eigenvalue weighted by Crippen LogP contribution is -2.25. The van der Waals surface area contributed by atoms with E-state index in [0.717, 1.165) is 16.9 Å². The fourth-order valence-corrected chi connectivity index (χ4v) is 2.61. The topological polar surface area (TPSA) is 101 Å². The number of aliphatic hydroxyl groups is 1. The van der Waals surface area contributed by atoms with E-state index >= 15 is 0 Å². The second kappa shape index (κ2) is 13.5. The van der Waals surface area contributed by atoms with Crippen LogP contribution in [0.5, 0.6) is 0 Å². The molecule has 3 heterocycles. The van der Waals surface area contributed by atoms with Gasteiger partial charge in [-0.25, -0.2) is 4.98 Å². The van der Waals surface area contributed by atoms with Crippen LogP contribution in [-0.4, -0.2) is 42.3 Å². The summed E-state index contributed by atoms with van der Waals surface area (Å²) in [6.45, 7) is 17.0. The molecule has 8 nitrogen and oxygen atoms in total. The Morgan fingerprint density at radius 1 is 0.968 bits per heavy atom. The number of hydrogen-bond donors (Lipinski definition) is 3. The third-order valence-electron chi connectivity index (χ3n) is 4.38. The van der Waals surface area contributed by atoms with Crippen LogP contribution in [0.15, 0.2) is 30.7 Å². The molecule has 3 aromatic rings. The van der Waals surface area contributed by atoms with Crippen molar-refractivity contribution in [1.29, 1.82) is 0 Å². The molecule has 0 amide bonds. The normalized spacial score (nSPS) is 11.5. The van der Waals surface area contributed by atoms with Gasteiger partial charge in [-0.15, -0.1) is 0 Å². The van der Waals surface area contributed by atoms with Gasteiger partial charge in [-0.05, 0) is 31.9 Å². The summed E-state index contributed by atoms with van der Waals surface area (Å²) >= 11 is 0. The minimum absolute atomic E-state index is 0.157. The van der Waals surface area contributed by atoms with Gasteiger partial charge in [0.05, 0.1) is 24.7 Å². The highest BCUT2D eigenvalue weighted by atomic mass is 16.3. The number of nitrogens with one attached hydrogen (secondary N) is 2. The molecule has 31 heavy (non-hydrogen) atoms. The molecule has 3 aromatic heterocycles. The number of rotatable bonds is 8. The van der Waals surface area contributed by atoms with Gasteiger partial charge in [-0.3, -0.25) is 4.98 Å². The molecule has 0 spiro atoms. The van der Waals surface area contributed by atoms with Gasteiger partial charge in [0.2, 0.25) is 5.95 Å². The van der Waals surface area contributed by atoms with E-state index in [1.807, 2.05) is 64.3 Å². The van der Waals surface area contributed by atoms with Crippen molar-refractivity contribution in [2.75, 3.05) is 17.2 Å². The zero-order valence-corrected chi connectivity index (χ0v) is 20.2. The molecule has 0 aliphatic heterocycles. The fourth-order valence-electron chi connectivity index (χ4n) is 2.61. The minimum atomic E-state index is -0.468. The Balaban J connectivity index is 0.00000113. The van der Waals surface area contributed by atoms with E-state index in [1.165, 1.54) is 0 Å². The van der Waals surface area contributed by atoms with Crippen LogP contribution in [0.3, 0.4) is 0 Å². The van der Waals surface area contributed by atoms with Crippen LogP contribution >= 0.6 is 0 Å². The molecule has 0 aliphatic carbocycles. The second-order valence-corrected chi connectivity index (χ2v) is 7.18. The van der Waals surface area contributed by atoms with Gasteiger partial charge in [0.15, 0.2) is 17.0 Å². The summed E-state index contributed by atoms with van der Waals surface area (Å²) in [7, 11) is 0. The van der Waals surface area contributed by atoms with Crippen LogP contribution in [0.2, 0.25) is 0 Å². The van der Waals surface area contributed by atoms with Gasteiger partial charge >= 0.3 is 0 Å². The summed E-state index contributed by atoms with van der Waals surface area (Å²) in [5, 5.41) is 16.5. The van der Waals surface area contributed by atoms with Crippen molar-refractivity contribution in [3.8, 4) is 0 Å². The summed E-state index contributed by atoms with van der Waals surface area (Å²) < 4.78 is 2.01. The van der Waals surface area contributed by atoms with E-state index in [4.69, 9.17) is 0 Å². The quantitative estimate of drug-likeness (QED) is 0.468. The van der Waals surface area contributed by atoms with E-state index in [2.05, 4.69) is 44.4 Å². The van der Waals surface area contributed by atoms with E-state index in [9.17, 15) is 5.11 Å². The minimum Gasteiger partial charge on any atom is -0.391 e. The highest BCUT2D eigenvalue weighted by Crippen LogP contribution is 2.23. The second-order valence-electron chi connectivity index (χ2n) is 7.18. The summed E-state index contributed by atoms with van der Waals surface area (Å²) in [5.74, 6) is 1.27. The van der Waals surface area contributed by atoms with Crippen molar-refractivity contribution in [1.82, 2.24) is 24.5 Å². The third-order valence-corrected chi connectivity index (χ3v) is 4.38. The predicted molar refractivity (Wildman–Crippen MR) is 129 cm³/mol. The van der Waals surface area contributed by atoms with Crippen LogP contribution in [0.1, 0.15) is 67.1 Å². The Morgan fingerprint density at radius 2 is 1.68 bits per heavy atom. The predicted octanol–water partition coefficient (Wildman–Crippen LogP) is 4.90. The molecule has 0 aliphatic rings. The molecule has 0 saturated carbocycles. The van der Waals surface area contributed by atoms with E-state index in [0.29, 0.717) is 24.9 Å². The van der Waals surface area contributed by atoms with Gasteiger partial charge < -0.3 is 20.3 Å². The summed E-state index contributed by atoms with van der Waals surface area (Å²) in [5.41, 5.74) is 2.39. The lowest BCUT2D eigenvalue weighted by atomic mass is 10.1. The van der Waals surface area contributed by atoms with Crippen molar-refractivity contribution in [2.45, 2.75) is 74.1 Å². The Labute approximate surface area is 186 Å². The smallest absolute Gasteiger partial charge is 0.226 e. The monoisotopic (exact) mass is 429 g/mol. The lowest BCUT2D eigenvalue weighted by molar-refractivity contribution is 0.137. The molecule has 3 N–H and O–H groups in total. The van der Waals surface area contributed by atoms with Crippen LogP contribution in [0.25, 0.3) is 11.2 Å². The molecule has 1 atom stereocenters. The third kappa shape index (κ3) is 7.47. The van der Waals surface area contributed by atoms with Crippen LogP contribution in [0, 0.1) is 5.92 Å². The standard InChI is InChI=1S/C19H27N7O.2C2H6/c1-12(2)15(27)10-22-19-24-17(21-9-14-7-5-6-8-20-14)16-18(25-19)26(11-23-16)13(3)4;2*1-2/h5-8,11-13,15,27H,9-10H2,1-4H3,(H2,21,22,24,25);2*1-2H3. The first-order valence-electron chi connectivity index (χ1n) is 11.3. The number of nitrogens with zero attached hydrogens (tertiary/aromatic N) is 5. The summed E-state index contributed by atoms with van der Waals surface area (Å²) in [4.78, 5) is 18.0. The number of aromatic nitrogens is 5. The first-order chi connectivity index (χ1) is 15.0. The van der Waals surface area contributed by atoms with Gasteiger partial charge in [-0.1, -0.05) is 47.6 Å². The molecule has 8 heteroatoms. The van der Waals surface area contributed by atoms with Crippen LogP contribution in [-0.2, 0) is 6.54 Å². The highest BCUT2D eigenvalue weighted by Gasteiger charge is 2.16. The molecule has 3 rings (SSSR count). The Kier molecular flexibility index (Phi) is 11.5. The zero-order chi connectivity index (χ0) is 23.4. The number of anilines is 2. The molecule has 0 fully saturated rings. The Morgan fingerprint density at radius 3 is 2.26 bits per heavy atom. The Bertz CT molecular complexity index is 878. The molecule has 1 unspecified atom stereocenters. The maximum Gasteiger partial charge on any atom is 0.226 e. The number of pyridine rings is 1. The maximum absolute atomic E-state index is 10.1. The Hall–Kier alpha value is -2.74. The molecule has 0 radical (unpaired) electrons. The first-order valence-corrected chi connectivity index (χ1v) is 11.3. The maximum atomic E-state index is 10.1. The van der Waals surface area contributed by atoms with Crippen molar-refractivity contribution < 1.29 is 5.11 Å². The number of hydrogen-bond acceptors (Lipinski definition) is 7. The highest BCUT2D eigenvalue weighted by molar-refractivity contribution is 5.84. The van der Waals surface area contributed by atoms with Crippen LogP contribution in [0.4, 0.5) is 11.8 Å². The average Bonchev–Trinajstić information content (AvgIpc) is 3.23. The van der Waals surface area contributed by atoms with E-state index in [-0.39, 0.29) is 12.0 Å². The fraction of sp³-hybridized carbons (Fsp3) is 0.565. The SMILES string of the molecule is CC.CC.CC(C)C(O)CNc1nc(NCc2ccccn2)c2ncn(C(C)C)c2n1. The first kappa shape index (κ1) is 26.3. The molecule has 172 valence electrons. The summed E-state index contributed by atoms with van der Waals surface area (Å²) in [6, 6.07) is 6.02. The molecule has 0 aromatic carbocycles. The van der Waals surface area contributed by atoms with E-state index in [1.54, 1.807) is 12.5 Å². The van der Waals surface area contributed by atoms with Gasteiger partial charge in [0, 0.05) is 18.8 Å². The average molecular weight is 430 g/mol. The van der Waals surface area contributed by atoms with Gasteiger partial charge in [0.1, 0.15) is 0 Å². The molecule has 0 bridgehead atoms. The van der Waals surface area contributed by atoms with Gasteiger partial charge in [0.25, 0.3) is 0 Å². The number of fused-ring (bicyclic) bond motifs is 1. The van der Waals surface area contributed by atoms with Crippen molar-refractivity contribution >= 4 is 22.9 Å². The van der Waals surface area contributed by atoms with Crippen LogP contribution < -0.4 is 10.6 Å². The summed E-state index contributed by atoms with van der Waals surface area (Å²) in [6.07, 6.45) is 3.08. The molecule has 0 saturated heterocycles. The van der Waals surface area contributed by atoms with Crippen molar-refractivity contribution in [2.24, 2.45) is 5.92 Å². The molecular formula is C23H39N7O. The van der Waals surface area contributed by atoms with E-state index < -0.39 is 6.10 Å². The van der Waals surface area contributed by atoms with Crippen molar-refractivity contribution in [3.63, 3.8) is 0 Å².